The van der Waals surface area contributed by atoms with Crippen molar-refractivity contribution in [1.29, 1.82) is 0 Å². The number of carbonyl (C=O) groups excluding carboxylic acids is 1. The second kappa shape index (κ2) is 6.73. The van der Waals surface area contributed by atoms with E-state index in [1.807, 2.05) is 13.8 Å². The lowest BCUT2D eigenvalue weighted by molar-refractivity contribution is 0.208. The summed E-state index contributed by atoms with van der Waals surface area (Å²) in [6, 6.07) is 3.53. The van der Waals surface area contributed by atoms with E-state index >= 15 is 0 Å². The Bertz CT molecular complexity index is 456. The minimum atomic E-state index is -0.536. The number of amides is 2. The Morgan fingerprint density at radius 1 is 1.53 bits per heavy atom. The van der Waals surface area contributed by atoms with E-state index in [1.54, 1.807) is 0 Å². The Hall–Kier alpha value is -1.33. The Balaban J connectivity index is 2.66. The van der Waals surface area contributed by atoms with Gasteiger partial charge in [-0.2, -0.15) is 0 Å². The first-order valence-electron chi connectivity index (χ1n) is 6.05. The molecule has 0 aromatic heterocycles. The largest absolute Gasteiger partial charge is 0.396 e. The normalized spacial score (nSPS) is 13.7. The summed E-state index contributed by atoms with van der Waals surface area (Å²) in [7, 11) is 0. The molecule has 1 atom stereocenters. The molecule has 0 saturated carbocycles. The number of urea groups is 1. The zero-order chi connectivity index (χ0) is 14.5. The highest BCUT2D eigenvalue weighted by atomic mass is 35.5. The van der Waals surface area contributed by atoms with Crippen LogP contribution in [-0.2, 0) is 0 Å². The summed E-state index contributed by atoms with van der Waals surface area (Å²) >= 11 is 5.63. The van der Waals surface area contributed by atoms with Gasteiger partial charge in [-0.3, -0.25) is 0 Å². The lowest BCUT2D eigenvalue weighted by Crippen LogP contribution is -2.48. The fourth-order valence-electron chi connectivity index (χ4n) is 1.58. The molecule has 1 unspecified atom stereocenters. The minimum Gasteiger partial charge on any atom is -0.396 e. The second-order valence-electron chi connectivity index (χ2n) is 4.60. The molecule has 0 saturated heterocycles. The van der Waals surface area contributed by atoms with Crippen LogP contribution >= 0.6 is 11.6 Å². The Morgan fingerprint density at radius 3 is 2.74 bits per heavy atom. The van der Waals surface area contributed by atoms with Crippen LogP contribution in [0.25, 0.3) is 0 Å². The quantitative estimate of drug-likeness (QED) is 0.779. The van der Waals surface area contributed by atoms with Crippen LogP contribution in [0.2, 0.25) is 5.02 Å². The van der Waals surface area contributed by atoms with E-state index in [4.69, 9.17) is 16.7 Å². The number of aliphatic hydroxyl groups excluding tert-OH is 1. The molecule has 1 rings (SSSR count). The van der Waals surface area contributed by atoms with E-state index in [0.29, 0.717) is 18.5 Å². The molecule has 0 aliphatic rings. The van der Waals surface area contributed by atoms with E-state index < -0.39 is 17.4 Å². The van der Waals surface area contributed by atoms with Gasteiger partial charge in [0.2, 0.25) is 0 Å². The highest BCUT2D eigenvalue weighted by Crippen LogP contribution is 2.20. The van der Waals surface area contributed by atoms with Gasteiger partial charge in [-0.05, 0) is 38.0 Å². The van der Waals surface area contributed by atoms with Gasteiger partial charge in [0.15, 0.2) is 0 Å². The molecule has 0 bridgehead atoms. The third-order valence-electron chi connectivity index (χ3n) is 3.04. The predicted octanol–water partition coefficient (Wildman–Crippen LogP) is 3.15. The summed E-state index contributed by atoms with van der Waals surface area (Å²) in [6.07, 6.45) is 1.15. The van der Waals surface area contributed by atoms with Crippen molar-refractivity contribution < 1.29 is 14.3 Å². The predicted molar refractivity (Wildman–Crippen MR) is 74.0 cm³/mol. The molecule has 19 heavy (non-hydrogen) atoms. The van der Waals surface area contributed by atoms with Gasteiger partial charge in [0.05, 0.1) is 5.02 Å². The lowest BCUT2D eigenvalue weighted by atomic mass is 9.95. The molecule has 0 radical (unpaired) electrons. The van der Waals surface area contributed by atoms with E-state index in [9.17, 15) is 9.18 Å². The molecular weight excluding hydrogens is 271 g/mol. The van der Waals surface area contributed by atoms with Crippen molar-refractivity contribution in [1.82, 2.24) is 5.32 Å². The van der Waals surface area contributed by atoms with E-state index in [2.05, 4.69) is 10.6 Å². The number of hydrogen-bond donors (Lipinski definition) is 3. The van der Waals surface area contributed by atoms with Crippen LogP contribution in [0.5, 0.6) is 0 Å². The van der Waals surface area contributed by atoms with Gasteiger partial charge in [-0.25, -0.2) is 9.18 Å². The van der Waals surface area contributed by atoms with Crippen LogP contribution in [0.1, 0.15) is 26.7 Å². The van der Waals surface area contributed by atoms with Gasteiger partial charge in [-0.1, -0.05) is 18.5 Å². The number of carbonyl (C=O) groups is 1. The molecular formula is C13H18ClFN2O2. The minimum absolute atomic E-state index is 0.00695. The fraction of sp³-hybridized carbons (Fsp3) is 0.462. The topological polar surface area (TPSA) is 61.4 Å². The van der Waals surface area contributed by atoms with Crippen LogP contribution in [0.15, 0.2) is 18.2 Å². The van der Waals surface area contributed by atoms with Gasteiger partial charge in [0.25, 0.3) is 0 Å². The summed E-state index contributed by atoms with van der Waals surface area (Å²) in [5.41, 5.74) is -0.0748. The van der Waals surface area contributed by atoms with Gasteiger partial charge in [0, 0.05) is 17.8 Å². The summed E-state index contributed by atoms with van der Waals surface area (Å²) < 4.78 is 13.0. The highest BCUT2D eigenvalue weighted by molar-refractivity contribution is 6.31. The Kier molecular flexibility index (Phi) is 5.57. The Labute approximate surface area is 117 Å². The molecule has 1 aromatic carbocycles. The monoisotopic (exact) mass is 288 g/mol. The maximum absolute atomic E-state index is 13.0. The third kappa shape index (κ3) is 4.69. The zero-order valence-corrected chi connectivity index (χ0v) is 11.7. The number of anilines is 1. The highest BCUT2D eigenvalue weighted by Gasteiger charge is 2.23. The van der Waals surface area contributed by atoms with Crippen LogP contribution in [0.4, 0.5) is 14.9 Å². The average Bonchev–Trinajstić information content (AvgIpc) is 2.34. The summed E-state index contributed by atoms with van der Waals surface area (Å²) in [6.45, 7) is 3.76. The number of aliphatic hydroxyl groups is 1. The molecule has 0 spiro atoms. The molecule has 2 amide bonds. The standard InChI is InChI=1S/C13H18ClFN2O2/c1-3-13(2,6-7-18)17-12(19)16-9-4-5-11(15)10(14)8-9/h4-5,8,18H,3,6-7H2,1-2H3,(H2,16,17,19). The molecule has 6 heteroatoms. The number of hydrogen-bond acceptors (Lipinski definition) is 2. The third-order valence-corrected chi connectivity index (χ3v) is 3.33. The van der Waals surface area contributed by atoms with Crippen molar-refractivity contribution in [2.75, 3.05) is 11.9 Å². The van der Waals surface area contributed by atoms with Crippen molar-refractivity contribution in [3.63, 3.8) is 0 Å². The zero-order valence-electron chi connectivity index (χ0n) is 11.0. The van der Waals surface area contributed by atoms with Gasteiger partial charge < -0.3 is 15.7 Å². The number of rotatable bonds is 5. The van der Waals surface area contributed by atoms with E-state index in [-0.39, 0.29) is 11.6 Å². The summed E-state index contributed by atoms with van der Waals surface area (Å²) in [5.74, 6) is -0.536. The first kappa shape index (κ1) is 15.7. The average molecular weight is 289 g/mol. The lowest BCUT2D eigenvalue weighted by Gasteiger charge is -2.29. The van der Waals surface area contributed by atoms with Crippen LogP contribution in [0.3, 0.4) is 0 Å². The number of halogens is 2. The molecule has 0 aliphatic heterocycles. The number of benzene rings is 1. The summed E-state index contributed by atoms with van der Waals surface area (Å²) in [5, 5.41) is 14.3. The summed E-state index contributed by atoms with van der Waals surface area (Å²) in [4.78, 5) is 11.8. The molecule has 3 N–H and O–H groups in total. The molecule has 0 aliphatic carbocycles. The SMILES string of the molecule is CCC(C)(CCO)NC(=O)Nc1ccc(F)c(Cl)c1. The first-order valence-corrected chi connectivity index (χ1v) is 6.43. The Morgan fingerprint density at radius 2 is 2.21 bits per heavy atom. The van der Waals surface area contributed by atoms with Gasteiger partial charge in [-0.15, -0.1) is 0 Å². The smallest absolute Gasteiger partial charge is 0.319 e. The van der Waals surface area contributed by atoms with Crippen molar-refractivity contribution in [2.24, 2.45) is 0 Å². The molecule has 106 valence electrons. The molecule has 4 nitrogen and oxygen atoms in total. The van der Waals surface area contributed by atoms with Crippen molar-refractivity contribution in [2.45, 2.75) is 32.2 Å². The first-order chi connectivity index (χ1) is 8.90. The number of nitrogens with one attached hydrogen (secondary N) is 2. The maximum Gasteiger partial charge on any atom is 0.319 e. The fourth-order valence-corrected chi connectivity index (χ4v) is 1.77. The van der Waals surface area contributed by atoms with Crippen LogP contribution < -0.4 is 10.6 Å². The van der Waals surface area contributed by atoms with Crippen LogP contribution in [0, 0.1) is 5.82 Å². The molecule has 1 aromatic rings. The van der Waals surface area contributed by atoms with E-state index in [0.717, 1.165) is 0 Å². The van der Waals surface area contributed by atoms with Gasteiger partial charge >= 0.3 is 6.03 Å². The molecule has 0 fully saturated rings. The van der Waals surface area contributed by atoms with Gasteiger partial charge in [0.1, 0.15) is 5.82 Å². The molecule has 0 heterocycles. The second-order valence-corrected chi connectivity index (χ2v) is 5.00. The van der Waals surface area contributed by atoms with Crippen LogP contribution in [-0.4, -0.2) is 23.3 Å². The van der Waals surface area contributed by atoms with E-state index in [1.165, 1.54) is 18.2 Å². The maximum atomic E-state index is 13.0. The van der Waals surface area contributed by atoms with Crippen molar-refractivity contribution in [3.05, 3.63) is 29.0 Å². The van der Waals surface area contributed by atoms with Crippen molar-refractivity contribution in [3.8, 4) is 0 Å². The van der Waals surface area contributed by atoms with Crippen molar-refractivity contribution >= 4 is 23.3 Å².